The number of hydrogen-bond donors (Lipinski definition) is 3. The molecular formula is C16H33IN4O2. The van der Waals surface area contributed by atoms with Crippen LogP contribution in [0, 0.1) is 11.3 Å². The van der Waals surface area contributed by atoms with Crippen molar-refractivity contribution in [1.82, 2.24) is 15.5 Å². The van der Waals surface area contributed by atoms with Crippen molar-refractivity contribution in [1.29, 1.82) is 0 Å². The van der Waals surface area contributed by atoms with E-state index in [1.807, 2.05) is 13.8 Å². The summed E-state index contributed by atoms with van der Waals surface area (Å²) in [7, 11) is 1.69. The minimum atomic E-state index is -0.196. The Morgan fingerprint density at radius 1 is 1.35 bits per heavy atom. The van der Waals surface area contributed by atoms with Gasteiger partial charge in [-0.05, 0) is 25.7 Å². The number of aliphatic hydroxyl groups excluding tert-OH is 1. The fraction of sp³-hybridized carbons (Fsp3) is 0.875. The molecule has 1 aliphatic heterocycles. The molecule has 0 aromatic carbocycles. The standard InChI is InChI=1S/C16H32N4O2.HI/c1-5-18-15(19-11-16(2,3)12-21)20-8-6-13(7-9-20)10-14(22)17-4;/h13,21H,5-12H2,1-4H3,(H,17,22)(H,18,19);1H. The van der Waals surface area contributed by atoms with Crippen molar-refractivity contribution < 1.29 is 9.90 Å². The highest BCUT2D eigenvalue weighted by Crippen LogP contribution is 2.21. The molecule has 1 rings (SSSR count). The van der Waals surface area contributed by atoms with Gasteiger partial charge in [0.1, 0.15) is 0 Å². The molecule has 23 heavy (non-hydrogen) atoms. The van der Waals surface area contributed by atoms with Crippen LogP contribution in [0.4, 0.5) is 0 Å². The first-order valence-corrected chi connectivity index (χ1v) is 8.26. The molecule has 1 heterocycles. The summed E-state index contributed by atoms with van der Waals surface area (Å²) in [6.45, 7) is 9.49. The van der Waals surface area contributed by atoms with Crippen molar-refractivity contribution in [2.24, 2.45) is 16.3 Å². The lowest BCUT2D eigenvalue weighted by Gasteiger charge is -2.34. The van der Waals surface area contributed by atoms with Gasteiger partial charge in [0.25, 0.3) is 0 Å². The molecule has 1 aliphatic rings. The first-order valence-electron chi connectivity index (χ1n) is 8.26. The number of likely N-dealkylation sites (tertiary alicyclic amines) is 1. The van der Waals surface area contributed by atoms with Gasteiger partial charge in [0, 0.05) is 45.1 Å². The zero-order valence-electron chi connectivity index (χ0n) is 14.9. The Kier molecular flexibility index (Phi) is 10.8. The Morgan fingerprint density at radius 3 is 2.43 bits per heavy atom. The van der Waals surface area contributed by atoms with Crippen molar-refractivity contribution in [3.05, 3.63) is 0 Å². The minimum Gasteiger partial charge on any atom is -0.396 e. The van der Waals surface area contributed by atoms with Gasteiger partial charge >= 0.3 is 0 Å². The zero-order valence-corrected chi connectivity index (χ0v) is 17.2. The summed E-state index contributed by atoms with van der Waals surface area (Å²) in [5.74, 6) is 1.51. The third-order valence-electron chi connectivity index (χ3n) is 4.09. The summed E-state index contributed by atoms with van der Waals surface area (Å²) < 4.78 is 0. The van der Waals surface area contributed by atoms with Crippen molar-refractivity contribution in [2.75, 3.05) is 39.8 Å². The van der Waals surface area contributed by atoms with Crippen LogP contribution in [0.2, 0.25) is 0 Å². The van der Waals surface area contributed by atoms with Crippen LogP contribution in [0.5, 0.6) is 0 Å². The average Bonchev–Trinajstić information content (AvgIpc) is 2.52. The summed E-state index contributed by atoms with van der Waals surface area (Å²) in [5.41, 5.74) is -0.196. The normalized spacial score (nSPS) is 16.7. The van der Waals surface area contributed by atoms with E-state index in [1.54, 1.807) is 7.05 Å². The highest BCUT2D eigenvalue weighted by molar-refractivity contribution is 14.0. The number of aliphatic imine (C=N–C) groups is 1. The molecule has 1 fully saturated rings. The molecule has 136 valence electrons. The van der Waals surface area contributed by atoms with E-state index in [0.29, 0.717) is 18.9 Å². The number of aliphatic hydroxyl groups is 1. The predicted molar refractivity (Wildman–Crippen MR) is 105 cm³/mol. The number of guanidine groups is 1. The molecule has 1 saturated heterocycles. The Morgan fingerprint density at radius 2 is 1.96 bits per heavy atom. The maximum atomic E-state index is 11.5. The maximum absolute atomic E-state index is 11.5. The molecule has 6 nitrogen and oxygen atoms in total. The fourth-order valence-electron chi connectivity index (χ4n) is 2.48. The van der Waals surface area contributed by atoms with E-state index in [4.69, 9.17) is 0 Å². The van der Waals surface area contributed by atoms with Crippen LogP contribution in [-0.4, -0.2) is 61.7 Å². The van der Waals surface area contributed by atoms with Gasteiger partial charge in [-0.2, -0.15) is 0 Å². The van der Waals surface area contributed by atoms with Gasteiger partial charge in [-0.15, -0.1) is 24.0 Å². The van der Waals surface area contributed by atoms with E-state index in [0.717, 1.165) is 38.4 Å². The van der Waals surface area contributed by atoms with Crippen LogP contribution < -0.4 is 10.6 Å². The second-order valence-electron chi connectivity index (χ2n) is 6.80. The van der Waals surface area contributed by atoms with Crippen LogP contribution in [0.15, 0.2) is 4.99 Å². The summed E-state index contributed by atoms with van der Waals surface area (Å²) in [5, 5.41) is 15.4. The Bertz CT molecular complexity index is 380. The minimum absolute atomic E-state index is 0. The second kappa shape index (κ2) is 11.1. The van der Waals surface area contributed by atoms with E-state index in [9.17, 15) is 9.90 Å². The van der Waals surface area contributed by atoms with E-state index in [-0.39, 0.29) is 41.9 Å². The van der Waals surface area contributed by atoms with Crippen molar-refractivity contribution in [2.45, 2.75) is 40.0 Å². The first-order chi connectivity index (χ1) is 10.4. The monoisotopic (exact) mass is 440 g/mol. The molecule has 7 heteroatoms. The average molecular weight is 440 g/mol. The first kappa shape index (κ1) is 22.4. The van der Waals surface area contributed by atoms with Crippen molar-refractivity contribution in [3.63, 3.8) is 0 Å². The van der Waals surface area contributed by atoms with Gasteiger partial charge < -0.3 is 20.6 Å². The van der Waals surface area contributed by atoms with E-state index >= 15 is 0 Å². The Balaban J connectivity index is 0.00000484. The van der Waals surface area contributed by atoms with Gasteiger partial charge in [0.05, 0.1) is 6.54 Å². The molecule has 0 radical (unpaired) electrons. The third kappa shape index (κ3) is 8.19. The quantitative estimate of drug-likeness (QED) is 0.332. The molecule has 0 saturated carbocycles. The summed E-state index contributed by atoms with van der Waals surface area (Å²) in [6, 6.07) is 0. The number of hydrogen-bond acceptors (Lipinski definition) is 3. The van der Waals surface area contributed by atoms with Gasteiger partial charge in [0.15, 0.2) is 5.96 Å². The molecule has 0 aromatic rings. The van der Waals surface area contributed by atoms with Crippen molar-refractivity contribution in [3.8, 4) is 0 Å². The van der Waals surface area contributed by atoms with Crippen LogP contribution in [-0.2, 0) is 4.79 Å². The second-order valence-corrected chi connectivity index (χ2v) is 6.80. The lowest BCUT2D eigenvalue weighted by atomic mass is 9.93. The number of nitrogens with zero attached hydrogens (tertiary/aromatic N) is 2. The molecule has 3 N–H and O–H groups in total. The fourth-order valence-corrected chi connectivity index (χ4v) is 2.48. The smallest absolute Gasteiger partial charge is 0.220 e. The largest absolute Gasteiger partial charge is 0.396 e. The number of nitrogens with one attached hydrogen (secondary N) is 2. The molecule has 0 aliphatic carbocycles. The topological polar surface area (TPSA) is 77.0 Å². The Labute approximate surface area is 157 Å². The Hall–Kier alpha value is -0.570. The van der Waals surface area contributed by atoms with Gasteiger partial charge in [0.2, 0.25) is 5.91 Å². The molecule has 0 aromatic heterocycles. The van der Waals surface area contributed by atoms with Gasteiger partial charge in [-0.1, -0.05) is 13.8 Å². The summed E-state index contributed by atoms with van der Waals surface area (Å²) in [6.07, 6.45) is 2.65. The predicted octanol–water partition coefficient (Wildman–Crippen LogP) is 1.44. The third-order valence-corrected chi connectivity index (χ3v) is 4.09. The lowest BCUT2D eigenvalue weighted by molar-refractivity contribution is -0.121. The van der Waals surface area contributed by atoms with Crippen molar-refractivity contribution >= 4 is 35.8 Å². The molecule has 0 atom stereocenters. The van der Waals surface area contributed by atoms with Gasteiger partial charge in [-0.25, -0.2) is 0 Å². The summed E-state index contributed by atoms with van der Waals surface area (Å²) in [4.78, 5) is 18.4. The maximum Gasteiger partial charge on any atom is 0.220 e. The highest BCUT2D eigenvalue weighted by Gasteiger charge is 2.24. The van der Waals surface area contributed by atoms with Crippen LogP contribution >= 0.6 is 24.0 Å². The van der Waals surface area contributed by atoms with Crippen LogP contribution in [0.1, 0.15) is 40.0 Å². The molecule has 0 bridgehead atoms. The zero-order chi connectivity index (χ0) is 16.6. The number of halogens is 1. The number of piperidine rings is 1. The lowest BCUT2D eigenvalue weighted by Crippen LogP contribution is -2.46. The van der Waals surface area contributed by atoms with E-state index in [1.165, 1.54) is 0 Å². The molecule has 1 amide bonds. The molecule has 0 spiro atoms. The molecular weight excluding hydrogens is 407 g/mol. The number of carbonyl (C=O) groups is 1. The van der Waals surface area contributed by atoms with E-state index in [2.05, 4.69) is 27.4 Å². The number of amides is 1. The van der Waals surface area contributed by atoms with Crippen LogP contribution in [0.3, 0.4) is 0 Å². The number of carbonyl (C=O) groups excluding carboxylic acids is 1. The SMILES string of the molecule is CCNC(=NCC(C)(C)CO)N1CCC(CC(=O)NC)CC1.I. The van der Waals surface area contributed by atoms with Crippen LogP contribution in [0.25, 0.3) is 0 Å². The summed E-state index contributed by atoms with van der Waals surface area (Å²) >= 11 is 0. The van der Waals surface area contributed by atoms with E-state index < -0.39 is 0 Å². The van der Waals surface area contributed by atoms with Gasteiger partial charge in [-0.3, -0.25) is 9.79 Å². The highest BCUT2D eigenvalue weighted by atomic mass is 127. The number of rotatable bonds is 6. The molecule has 0 unspecified atom stereocenters.